The monoisotopic (exact) mass is 316 g/mol. The molecule has 0 saturated heterocycles. The molecule has 1 aromatic carbocycles. The topological polar surface area (TPSA) is 48.1 Å². The van der Waals surface area contributed by atoms with Crippen molar-refractivity contribution in [2.75, 3.05) is 7.11 Å². The Morgan fingerprint density at radius 1 is 1.32 bits per heavy atom. The molecule has 0 bridgehead atoms. The average molecular weight is 317 g/mol. The van der Waals surface area contributed by atoms with Crippen LogP contribution >= 0.6 is 34.5 Å². The van der Waals surface area contributed by atoms with Crippen molar-refractivity contribution in [1.82, 2.24) is 4.98 Å². The molecule has 0 spiro atoms. The predicted molar refractivity (Wildman–Crippen MR) is 80.0 cm³/mol. The summed E-state index contributed by atoms with van der Waals surface area (Å²) in [4.78, 5) is 5.59. The molecule has 0 fully saturated rings. The normalized spacial score (nSPS) is 10.9. The minimum absolute atomic E-state index is 0.465. The molecule has 6 heteroatoms. The van der Waals surface area contributed by atoms with Crippen LogP contribution in [0.4, 0.5) is 0 Å². The standard InChI is InChI=1S/C13H14Cl2N2OS/c1-18-7-11-12(6-16)19-13(17-11)5-8-9(14)3-2-4-10(8)15/h2-4H,5-7,16H2,1H3. The second kappa shape index (κ2) is 6.68. The SMILES string of the molecule is COCc1nc(Cc2c(Cl)cccc2Cl)sc1CN. The zero-order valence-electron chi connectivity index (χ0n) is 10.5. The second-order valence-corrected chi connectivity index (χ2v) is 5.97. The molecule has 0 aliphatic heterocycles. The van der Waals surface area contributed by atoms with Crippen molar-refractivity contribution in [3.05, 3.63) is 49.4 Å². The Bertz CT molecular complexity index is 552. The molecule has 0 aliphatic rings. The molecule has 3 nitrogen and oxygen atoms in total. The molecule has 0 aliphatic carbocycles. The number of benzene rings is 1. The molecule has 2 rings (SSSR count). The minimum atomic E-state index is 0.465. The third-order valence-corrected chi connectivity index (χ3v) is 4.51. The summed E-state index contributed by atoms with van der Waals surface area (Å²) in [6.07, 6.45) is 0.611. The van der Waals surface area contributed by atoms with Gasteiger partial charge < -0.3 is 10.5 Å². The van der Waals surface area contributed by atoms with Gasteiger partial charge in [0.15, 0.2) is 0 Å². The van der Waals surface area contributed by atoms with Gasteiger partial charge >= 0.3 is 0 Å². The van der Waals surface area contributed by atoms with Crippen molar-refractivity contribution in [3.8, 4) is 0 Å². The fraction of sp³-hybridized carbons (Fsp3) is 0.308. The van der Waals surface area contributed by atoms with E-state index in [2.05, 4.69) is 4.98 Å². The number of nitrogens with two attached hydrogens (primary N) is 1. The van der Waals surface area contributed by atoms with Crippen LogP contribution in [0.1, 0.15) is 21.1 Å². The molecule has 1 aromatic heterocycles. The zero-order valence-corrected chi connectivity index (χ0v) is 12.8. The van der Waals surface area contributed by atoms with Crippen molar-refractivity contribution in [3.63, 3.8) is 0 Å². The van der Waals surface area contributed by atoms with Crippen molar-refractivity contribution in [1.29, 1.82) is 0 Å². The Kier molecular flexibility index (Phi) is 5.19. The summed E-state index contributed by atoms with van der Waals surface area (Å²) in [6, 6.07) is 5.49. The molecule has 102 valence electrons. The first kappa shape index (κ1) is 14.8. The maximum absolute atomic E-state index is 6.16. The lowest BCUT2D eigenvalue weighted by molar-refractivity contribution is 0.181. The van der Waals surface area contributed by atoms with Gasteiger partial charge in [-0.25, -0.2) is 4.98 Å². The van der Waals surface area contributed by atoms with E-state index in [-0.39, 0.29) is 0 Å². The number of hydrogen-bond acceptors (Lipinski definition) is 4. The highest BCUT2D eigenvalue weighted by molar-refractivity contribution is 7.11. The van der Waals surface area contributed by atoms with Gasteiger partial charge in [-0.2, -0.15) is 0 Å². The highest BCUT2D eigenvalue weighted by Crippen LogP contribution is 2.29. The lowest BCUT2D eigenvalue weighted by Gasteiger charge is -2.04. The van der Waals surface area contributed by atoms with Crippen LogP contribution in [0.3, 0.4) is 0 Å². The Labute approximate surface area is 126 Å². The summed E-state index contributed by atoms with van der Waals surface area (Å²) in [5, 5.41) is 2.26. The number of aromatic nitrogens is 1. The lowest BCUT2D eigenvalue weighted by Crippen LogP contribution is -1.99. The Morgan fingerprint density at radius 2 is 2.00 bits per heavy atom. The summed E-state index contributed by atoms with van der Waals surface area (Å²) in [7, 11) is 1.64. The van der Waals surface area contributed by atoms with E-state index in [4.69, 9.17) is 33.7 Å². The summed E-state index contributed by atoms with van der Waals surface area (Å²) < 4.78 is 5.12. The van der Waals surface area contributed by atoms with Crippen LogP contribution in [-0.4, -0.2) is 12.1 Å². The van der Waals surface area contributed by atoms with Crippen molar-refractivity contribution >= 4 is 34.5 Å². The van der Waals surface area contributed by atoms with Gasteiger partial charge in [-0.15, -0.1) is 11.3 Å². The molecule has 1 heterocycles. The Balaban J connectivity index is 2.28. The quantitative estimate of drug-likeness (QED) is 0.916. The number of rotatable bonds is 5. The average Bonchev–Trinajstić information content (AvgIpc) is 2.77. The number of thiazole rings is 1. The van der Waals surface area contributed by atoms with Crippen LogP contribution in [0, 0.1) is 0 Å². The molecule has 0 radical (unpaired) electrons. The predicted octanol–water partition coefficient (Wildman–Crippen LogP) is 3.65. The van der Waals surface area contributed by atoms with E-state index in [9.17, 15) is 0 Å². The van der Waals surface area contributed by atoms with E-state index in [0.717, 1.165) is 21.1 Å². The highest BCUT2D eigenvalue weighted by atomic mass is 35.5. The molecule has 0 atom stereocenters. The molecular formula is C13H14Cl2N2OS. The zero-order chi connectivity index (χ0) is 13.8. The Hall–Kier alpha value is -0.650. The maximum atomic E-state index is 6.16. The van der Waals surface area contributed by atoms with Crippen LogP contribution in [0.25, 0.3) is 0 Å². The molecule has 19 heavy (non-hydrogen) atoms. The van der Waals surface area contributed by atoms with E-state index in [0.29, 0.717) is 29.6 Å². The summed E-state index contributed by atoms with van der Waals surface area (Å²) >= 11 is 13.9. The molecular weight excluding hydrogens is 303 g/mol. The van der Waals surface area contributed by atoms with Crippen molar-refractivity contribution in [2.24, 2.45) is 5.73 Å². The summed E-state index contributed by atoms with van der Waals surface area (Å²) in [5.41, 5.74) is 7.50. The first-order valence-corrected chi connectivity index (χ1v) is 7.32. The van der Waals surface area contributed by atoms with Gasteiger partial charge in [0, 0.05) is 35.0 Å². The Morgan fingerprint density at radius 3 is 2.58 bits per heavy atom. The molecule has 0 amide bonds. The molecule has 2 aromatic rings. The summed E-state index contributed by atoms with van der Waals surface area (Å²) in [6.45, 7) is 0.936. The van der Waals surface area contributed by atoms with Crippen molar-refractivity contribution < 1.29 is 4.74 Å². The van der Waals surface area contributed by atoms with Gasteiger partial charge in [-0.1, -0.05) is 29.3 Å². The van der Waals surface area contributed by atoms with Gasteiger partial charge in [0.25, 0.3) is 0 Å². The van der Waals surface area contributed by atoms with Crippen LogP contribution in [0.2, 0.25) is 10.0 Å². The maximum Gasteiger partial charge on any atom is 0.0977 e. The van der Waals surface area contributed by atoms with Gasteiger partial charge in [-0.3, -0.25) is 0 Å². The second-order valence-electron chi connectivity index (χ2n) is 3.99. The third-order valence-electron chi connectivity index (χ3n) is 2.68. The van der Waals surface area contributed by atoms with Gasteiger partial charge in [0.2, 0.25) is 0 Å². The number of methoxy groups -OCH3 is 1. The van der Waals surface area contributed by atoms with Crippen LogP contribution in [-0.2, 0) is 24.3 Å². The summed E-state index contributed by atoms with van der Waals surface area (Å²) in [5.74, 6) is 0. The first-order chi connectivity index (χ1) is 9.15. The van der Waals surface area contributed by atoms with Gasteiger partial charge in [0.1, 0.15) is 0 Å². The smallest absolute Gasteiger partial charge is 0.0977 e. The van der Waals surface area contributed by atoms with E-state index in [1.165, 1.54) is 0 Å². The molecule has 2 N–H and O–H groups in total. The van der Waals surface area contributed by atoms with Crippen LogP contribution in [0.15, 0.2) is 18.2 Å². The number of ether oxygens (including phenoxy) is 1. The lowest BCUT2D eigenvalue weighted by atomic mass is 10.1. The molecule has 0 saturated carbocycles. The number of halogens is 2. The first-order valence-electron chi connectivity index (χ1n) is 5.75. The van der Waals surface area contributed by atoms with Gasteiger partial charge in [0.05, 0.1) is 17.3 Å². The van der Waals surface area contributed by atoms with E-state index in [1.54, 1.807) is 18.4 Å². The van der Waals surface area contributed by atoms with E-state index >= 15 is 0 Å². The van der Waals surface area contributed by atoms with E-state index in [1.807, 2.05) is 18.2 Å². The van der Waals surface area contributed by atoms with E-state index < -0.39 is 0 Å². The highest BCUT2D eigenvalue weighted by Gasteiger charge is 2.13. The minimum Gasteiger partial charge on any atom is -0.378 e. The number of hydrogen-bond donors (Lipinski definition) is 1. The largest absolute Gasteiger partial charge is 0.378 e. The fourth-order valence-corrected chi connectivity index (χ4v) is 3.27. The van der Waals surface area contributed by atoms with Crippen molar-refractivity contribution in [2.45, 2.75) is 19.6 Å². The third kappa shape index (κ3) is 3.46. The fourth-order valence-electron chi connectivity index (χ4n) is 1.77. The van der Waals surface area contributed by atoms with Crippen LogP contribution < -0.4 is 5.73 Å². The number of nitrogens with zero attached hydrogens (tertiary/aromatic N) is 1. The molecule has 0 unspecified atom stereocenters. The van der Waals surface area contributed by atoms with Crippen LogP contribution in [0.5, 0.6) is 0 Å². The van der Waals surface area contributed by atoms with Gasteiger partial charge in [-0.05, 0) is 17.7 Å².